The van der Waals surface area contributed by atoms with Crippen molar-refractivity contribution in [2.45, 2.75) is 20.0 Å². The fourth-order valence-electron chi connectivity index (χ4n) is 2.52. The number of carbonyl (C=O) groups is 1. The summed E-state index contributed by atoms with van der Waals surface area (Å²) in [6, 6.07) is 12.5. The summed E-state index contributed by atoms with van der Waals surface area (Å²) in [6.45, 7) is 1.78. The highest BCUT2D eigenvalue weighted by molar-refractivity contribution is 5.93. The van der Waals surface area contributed by atoms with Crippen LogP contribution in [0.4, 0.5) is 10.1 Å². The molecule has 0 unspecified atom stereocenters. The van der Waals surface area contributed by atoms with Crippen molar-refractivity contribution in [3.63, 3.8) is 0 Å². The van der Waals surface area contributed by atoms with Crippen LogP contribution in [0.2, 0.25) is 0 Å². The molecule has 0 bridgehead atoms. The maximum Gasteiger partial charge on any atom is 0.253 e. The molecule has 128 valence electrons. The highest BCUT2D eigenvalue weighted by atomic mass is 19.1. The first-order valence-electron chi connectivity index (χ1n) is 7.79. The number of furan rings is 1. The van der Waals surface area contributed by atoms with Crippen molar-refractivity contribution < 1.29 is 13.6 Å². The standard InChI is InChI=1S/C19H17FN2O3/c1-14-4-2-10-21(19(14)24)13-18(23)22(12-17-5-3-11-25-17)16-8-6-15(20)7-9-16/h2-11H,12-13H2,1H3. The number of pyridine rings is 1. The Labute approximate surface area is 143 Å². The fourth-order valence-corrected chi connectivity index (χ4v) is 2.52. The summed E-state index contributed by atoms with van der Waals surface area (Å²) >= 11 is 0. The van der Waals surface area contributed by atoms with E-state index in [1.54, 1.807) is 37.4 Å². The van der Waals surface area contributed by atoms with Gasteiger partial charge in [0.2, 0.25) is 5.91 Å². The van der Waals surface area contributed by atoms with E-state index in [0.717, 1.165) is 0 Å². The molecule has 6 heteroatoms. The Morgan fingerprint density at radius 2 is 1.92 bits per heavy atom. The second kappa shape index (κ2) is 7.17. The number of hydrogen-bond acceptors (Lipinski definition) is 3. The Morgan fingerprint density at radius 3 is 2.60 bits per heavy atom. The van der Waals surface area contributed by atoms with Crippen molar-refractivity contribution in [2.75, 3.05) is 4.90 Å². The molecule has 5 nitrogen and oxygen atoms in total. The van der Waals surface area contributed by atoms with Gasteiger partial charge in [0.1, 0.15) is 18.1 Å². The number of aromatic nitrogens is 1. The highest BCUT2D eigenvalue weighted by Crippen LogP contribution is 2.19. The zero-order valence-corrected chi connectivity index (χ0v) is 13.7. The van der Waals surface area contributed by atoms with E-state index in [-0.39, 0.29) is 30.4 Å². The minimum atomic E-state index is -0.385. The van der Waals surface area contributed by atoms with Crippen LogP contribution < -0.4 is 10.5 Å². The van der Waals surface area contributed by atoms with E-state index in [1.165, 1.54) is 40.0 Å². The molecule has 2 aromatic heterocycles. The Hall–Kier alpha value is -3.15. The van der Waals surface area contributed by atoms with E-state index >= 15 is 0 Å². The molecule has 0 radical (unpaired) electrons. The molecule has 0 atom stereocenters. The van der Waals surface area contributed by atoms with Crippen LogP contribution >= 0.6 is 0 Å². The number of benzene rings is 1. The molecule has 1 aromatic carbocycles. The zero-order chi connectivity index (χ0) is 17.8. The molecule has 0 aliphatic carbocycles. The largest absolute Gasteiger partial charge is 0.467 e. The summed E-state index contributed by atoms with van der Waals surface area (Å²) in [5.41, 5.74) is 0.881. The molecule has 2 heterocycles. The lowest BCUT2D eigenvalue weighted by atomic mass is 10.2. The van der Waals surface area contributed by atoms with Gasteiger partial charge in [0, 0.05) is 17.4 Å². The highest BCUT2D eigenvalue weighted by Gasteiger charge is 2.18. The molecular weight excluding hydrogens is 323 g/mol. The molecule has 0 aliphatic rings. The Kier molecular flexibility index (Phi) is 4.79. The number of halogens is 1. The van der Waals surface area contributed by atoms with Gasteiger partial charge in [-0.05, 0) is 49.4 Å². The van der Waals surface area contributed by atoms with E-state index in [9.17, 15) is 14.0 Å². The number of aryl methyl sites for hydroxylation is 1. The monoisotopic (exact) mass is 340 g/mol. The Balaban J connectivity index is 1.90. The van der Waals surface area contributed by atoms with Gasteiger partial charge in [-0.1, -0.05) is 6.07 Å². The molecule has 3 aromatic rings. The SMILES string of the molecule is Cc1cccn(CC(=O)N(Cc2ccco2)c2ccc(F)cc2)c1=O. The van der Waals surface area contributed by atoms with Gasteiger partial charge < -0.3 is 13.9 Å². The van der Waals surface area contributed by atoms with Crippen molar-refractivity contribution in [3.8, 4) is 0 Å². The summed E-state index contributed by atoms with van der Waals surface area (Å²) < 4.78 is 19.9. The zero-order valence-electron chi connectivity index (χ0n) is 13.7. The van der Waals surface area contributed by atoms with Crippen molar-refractivity contribution in [3.05, 3.63) is 88.5 Å². The molecule has 3 rings (SSSR count). The second-order valence-electron chi connectivity index (χ2n) is 5.66. The first kappa shape index (κ1) is 16.7. The molecule has 0 fully saturated rings. The van der Waals surface area contributed by atoms with Crippen LogP contribution in [-0.4, -0.2) is 10.5 Å². The predicted molar refractivity (Wildman–Crippen MR) is 91.7 cm³/mol. The Morgan fingerprint density at radius 1 is 1.16 bits per heavy atom. The quantitative estimate of drug-likeness (QED) is 0.717. The summed E-state index contributed by atoms with van der Waals surface area (Å²) in [7, 11) is 0. The summed E-state index contributed by atoms with van der Waals surface area (Å²) in [6.07, 6.45) is 3.09. The number of nitrogens with zero attached hydrogens (tertiary/aromatic N) is 2. The van der Waals surface area contributed by atoms with Crippen LogP contribution in [0.1, 0.15) is 11.3 Å². The number of carbonyl (C=O) groups excluding carboxylic acids is 1. The lowest BCUT2D eigenvalue weighted by Gasteiger charge is -2.22. The molecule has 1 amide bonds. The van der Waals surface area contributed by atoms with Crippen LogP contribution in [-0.2, 0) is 17.9 Å². The second-order valence-corrected chi connectivity index (χ2v) is 5.66. The van der Waals surface area contributed by atoms with E-state index in [4.69, 9.17) is 4.42 Å². The van der Waals surface area contributed by atoms with Crippen molar-refractivity contribution in [1.29, 1.82) is 0 Å². The van der Waals surface area contributed by atoms with Gasteiger partial charge in [0.25, 0.3) is 5.56 Å². The first-order valence-corrected chi connectivity index (χ1v) is 7.79. The van der Waals surface area contributed by atoms with E-state index < -0.39 is 0 Å². The minimum absolute atomic E-state index is 0.113. The van der Waals surface area contributed by atoms with Crippen molar-refractivity contribution in [1.82, 2.24) is 4.57 Å². The number of hydrogen-bond donors (Lipinski definition) is 0. The van der Waals surface area contributed by atoms with E-state index in [0.29, 0.717) is 17.0 Å². The number of rotatable bonds is 5. The number of anilines is 1. The van der Waals surface area contributed by atoms with Crippen LogP contribution in [0, 0.1) is 12.7 Å². The van der Waals surface area contributed by atoms with Gasteiger partial charge >= 0.3 is 0 Å². The summed E-state index contributed by atoms with van der Waals surface area (Å²) in [4.78, 5) is 26.4. The minimum Gasteiger partial charge on any atom is -0.467 e. The van der Waals surface area contributed by atoms with Gasteiger partial charge in [0.15, 0.2) is 0 Å². The van der Waals surface area contributed by atoms with Gasteiger partial charge in [-0.15, -0.1) is 0 Å². The van der Waals surface area contributed by atoms with Gasteiger partial charge in [-0.25, -0.2) is 4.39 Å². The fraction of sp³-hybridized carbons (Fsp3) is 0.158. The van der Waals surface area contributed by atoms with Crippen molar-refractivity contribution in [2.24, 2.45) is 0 Å². The van der Waals surface area contributed by atoms with Crippen LogP contribution in [0.25, 0.3) is 0 Å². The average molecular weight is 340 g/mol. The maximum atomic E-state index is 13.2. The molecule has 0 spiro atoms. The number of amides is 1. The van der Waals surface area contributed by atoms with E-state index in [2.05, 4.69) is 0 Å². The average Bonchev–Trinajstić information content (AvgIpc) is 3.11. The molecule has 0 saturated heterocycles. The lowest BCUT2D eigenvalue weighted by molar-refractivity contribution is -0.119. The summed E-state index contributed by atoms with van der Waals surface area (Å²) in [5, 5.41) is 0. The first-order chi connectivity index (χ1) is 12.0. The molecule has 25 heavy (non-hydrogen) atoms. The van der Waals surface area contributed by atoms with Crippen LogP contribution in [0.3, 0.4) is 0 Å². The molecule has 0 N–H and O–H groups in total. The Bertz CT molecular complexity index is 915. The smallest absolute Gasteiger partial charge is 0.253 e. The van der Waals surface area contributed by atoms with Crippen molar-refractivity contribution >= 4 is 11.6 Å². The third kappa shape index (κ3) is 3.85. The summed E-state index contributed by atoms with van der Waals surface area (Å²) in [5.74, 6) is -0.0889. The van der Waals surface area contributed by atoms with E-state index in [1.807, 2.05) is 0 Å². The van der Waals surface area contributed by atoms with Gasteiger partial charge in [-0.3, -0.25) is 9.59 Å². The van der Waals surface area contributed by atoms with Gasteiger partial charge in [0.05, 0.1) is 12.8 Å². The lowest BCUT2D eigenvalue weighted by Crippen LogP contribution is -2.36. The molecule has 0 saturated carbocycles. The predicted octanol–water partition coefficient (Wildman–Crippen LogP) is 3.12. The molecule has 0 aliphatic heterocycles. The normalized spacial score (nSPS) is 10.6. The third-order valence-corrected chi connectivity index (χ3v) is 3.85. The third-order valence-electron chi connectivity index (χ3n) is 3.85. The van der Waals surface area contributed by atoms with Crippen LogP contribution in [0.5, 0.6) is 0 Å². The van der Waals surface area contributed by atoms with Crippen LogP contribution in [0.15, 0.2) is 70.2 Å². The topological polar surface area (TPSA) is 55.5 Å². The van der Waals surface area contributed by atoms with Gasteiger partial charge in [-0.2, -0.15) is 0 Å². The maximum absolute atomic E-state index is 13.2. The molecular formula is C19H17FN2O3.